The molecule has 0 aromatic heterocycles. The molecule has 114 valence electrons. The molecule has 1 aliphatic heterocycles. The van der Waals surface area contributed by atoms with Crippen LogP contribution in [0.3, 0.4) is 0 Å². The molecule has 3 atom stereocenters. The van der Waals surface area contributed by atoms with E-state index in [1.54, 1.807) is 18.7 Å². The molecule has 0 aliphatic carbocycles. The van der Waals surface area contributed by atoms with Crippen LogP contribution in [-0.2, 0) is 14.6 Å². The van der Waals surface area contributed by atoms with Crippen LogP contribution in [0.4, 0.5) is 0 Å². The van der Waals surface area contributed by atoms with Gasteiger partial charge < -0.3 is 10.6 Å². The fraction of sp³-hybridized carbons (Fsp3) is 0.917. The quantitative estimate of drug-likeness (QED) is 0.836. The summed E-state index contributed by atoms with van der Waals surface area (Å²) in [7, 11) is -3.06. The predicted octanol–water partition coefficient (Wildman–Crippen LogP) is 0.816. The van der Waals surface area contributed by atoms with Gasteiger partial charge in [0.25, 0.3) is 0 Å². The van der Waals surface area contributed by atoms with E-state index in [9.17, 15) is 13.2 Å². The van der Waals surface area contributed by atoms with Gasteiger partial charge in [-0.25, -0.2) is 8.42 Å². The second-order valence-electron chi connectivity index (χ2n) is 5.58. The summed E-state index contributed by atoms with van der Waals surface area (Å²) in [5.74, 6) is 0.265. The summed E-state index contributed by atoms with van der Waals surface area (Å²) < 4.78 is 23.5. The lowest BCUT2D eigenvalue weighted by molar-refractivity contribution is -0.134. The molecule has 0 bridgehead atoms. The van der Waals surface area contributed by atoms with Crippen molar-refractivity contribution in [3.8, 4) is 0 Å². The van der Waals surface area contributed by atoms with Crippen molar-refractivity contribution in [3.63, 3.8) is 0 Å². The Morgan fingerprint density at radius 2 is 1.89 bits per heavy atom. The summed E-state index contributed by atoms with van der Waals surface area (Å²) in [6.45, 7) is 7.73. The van der Waals surface area contributed by atoms with Crippen LogP contribution in [-0.4, -0.2) is 48.9 Å². The van der Waals surface area contributed by atoms with Crippen LogP contribution in [0.1, 0.15) is 34.1 Å². The molecule has 1 rings (SSSR count). The molecule has 1 fully saturated rings. The van der Waals surface area contributed by atoms with Crippen molar-refractivity contribution < 1.29 is 13.2 Å². The van der Waals surface area contributed by atoms with Crippen LogP contribution in [0.2, 0.25) is 0 Å². The molecule has 0 saturated carbocycles. The lowest BCUT2D eigenvalue weighted by atomic mass is 10.0. The number of nitrogens with two attached hydrogens (primary N) is 1. The number of rotatable bonds is 3. The summed E-state index contributed by atoms with van der Waals surface area (Å²) in [6.07, 6.45) is 0.628. The van der Waals surface area contributed by atoms with E-state index in [0.29, 0.717) is 12.3 Å². The van der Waals surface area contributed by atoms with Gasteiger partial charge in [-0.3, -0.25) is 4.79 Å². The zero-order valence-electron chi connectivity index (χ0n) is 12.0. The van der Waals surface area contributed by atoms with Crippen molar-refractivity contribution in [2.45, 2.75) is 51.4 Å². The van der Waals surface area contributed by atoms with Crippen molar-refractivity contribution >= 4 is 28.2 Å². The number of amides is 1. The summed E-state index contributed by atoms with van der Waals surface area (Å²) in [5.41, 5.74) is 5.88. The first kappa shape index (κ1) is 18.7. The molecule has 0 aromatic rings. The third-order valence-corrected chi connectivity index (χ3v) is 5.96. The standard InChI is InChI=1S/C12H24N2O3S.ClH/c1-8(2)7-11(13)12(15)14-5-6-18(16,17)10(4)9(14)3;/h8-11H,5-7,13H2,1-4H3;1H/t9?,10?,11-;/m0./s1. The zero-order valence-corrected chi connectivity index (χ0v) is 13.6. The van der Waals surface area contributed by atoms with Crippen molar-refractivity contribution in [3.05, 3.63) is 0 Å². The highest BCUT2D eigenvalue weighted by atomic mass is 35.5. The fourth-order valence-electron chi connectivity index (χ4n) is 2.30. The highest BCUT2D eigenvalue weighted by Crippen LogP contribution is 2.20. The number of carbonyl (C=O) groups is 1. The van der Waals surface area contributed by atoms with E-state index < -0.39 is 21.1 Å². The van der Waals surface area contributed by atoms with E-state index in [1.807, 2.05) is 13.8 Å². The number of carbonyl (C=O) groups excluding carboxylic acids is 1. The maximum Gasteiger partial charge on any atom is 0.239 e. The molecule has 19 heavy (non-hydrogen) atoms. The summed E-state index contributed by atoms with van der Waals surface area (Å²) in [5, 5.41) is -0.513. The first-order valence-electron chi connectivity index (χ1n) is 6.44. The van der Waals surface area contributed by atoms with Crippen molar-refractivity contribution in [1.82, 2.24) is 4.90 Å². The molecule has 2 unspecified atom stereocenters. The smallest absolute Gasteiger partial charge is 0.239 e. The van der Waals surface area contributed by atoms with Gasteiger partial charge in [0.15, 0.2) is 9.84 Å². The molecule has 0 spiro atoms. The Morgan fingerprint density at radius 3 is 2.37 bits per heavy atom. The van der Waals surface area contributed by atoms with Crippen LogP contribution in [0.5, 0.6) is 0 Å². The summed E-state index contributed by atoms with van der Waals surface area (Å²) in [4.78, 5) is 13.8. The van der Waals surface area contributed by atoms with Crippen LogP contribution < -0.4 is 5.73 Å². The minimum atomic E-state index is -3.06. The molecule has 1 aliphatic rings. The second-order valence-corrected chi connectivity index (χ2v) is 8.06. The van der Waals surface area contributed by atoms with Gasteiger partial charge in [0.2, 0.25) is 5.91 Å². The average molecular weight is 313 g/mol. The van der Waals surface area contributed by atoms with Gasteiger partial charge >= 0.3 is 0 Å². The molecule has 1 amide bonds. The Morgan fingerprint density at radius 1 is 1.37 bits per heavy atom. The predicted molar refractivity (Wildman–Crippen MR) is 79.1 cm³/mol. The lowest BCUT2D eigenvalue weighted by Crippen LogP contribution is -2.58. The van der Waals surface area contributed by atoms with Crippen molar-refractivity contribution in [1.29, 1.82) is 0 Å². The Bertz CT molecular complexity index is 411. The molecule has 0 aromatic carbocycles. The largest absolute Gasteiger partial charge is 0.336 e. The SMILES string of the molecule is CC(C)C[C@H](N)C(=O)N1CCS(=O)(=O)C(C)C1C.Cl. The molecule has 1 heterocycles. The number of nitrogens with zero attached hydrogens (tertiary/aromatic N) is 1. The van der Waals surface area contributed by atoms with Gasteiger partial charge in [0.1, 0.15) is 0 Å². The van der Waals surface area contributed by atoms with E-state index in [-0.39, 0.29) is 36.7 Å². The van der Waals surface area contributed by atoms with E-state index >= 15 is 0 Å². The first-order chi connectivity index (χ1) is 8.16. The normalized spacial score (nSPS) is 27.8. The number of halogens is 1. The van der Waals surface area contributed by atoms with Gasteiger partial charge in [-0.2, -0.15) is 0 Å². The molecule has 0 radical (unpaired) electrons. The Balaban J connectivity index is 0.00000324. The highest BCUT2D eigenvalue weighted by molar-refractivity contribution is 7.92. The number of sulfone groups is 1. The first-order valence-corrected chi connectivity index (χ1v) is 8.16. The van der Waals surface area contributed by atoms with E-state index in [2.05, 4.69) is 0 Å². The summed E-state index contributed by atoms with van der Waals surface area (Å²) >= 11 is 0. The molecular formula is C12H25ClN2O3S. The van der Waals surface area contributed by atoms with Gasteiger partial charge in [-0.15, -0.1) is 12.4 Å². The van der Waals surface area contributed by atoms with Crippen molar-refractivity contribution in [2.75, 3.05) is 12.3 Å². The molecule has 5 nitrogen and oxygen atoms in total. The van der Waals surface area contributed by atoms with Crippen LogP contribution in [0, 0.1) is 5.92 Å². The molecule has 1 saturated heterocycles. The number of hydrogen-bond acceptors (Lipinski definition) is 4. The van der Waals surface area contributed by atoms with Crippen LogP contribution in [0.25, 0.3) is 0 Å². The monoisotopic (exact) mass is 312 g/mol. The Kier molecular flexibility index (Phi) is 6.78. The Hall–Kier alpha value is -0.330. The zero-order chi connectivity index (χ0) is 14.1. The number of hydrogen-bond donors (Lipinski definition) is 1. The minimum absolute atomic E-state index is 0. The van der Waals surface area contributed by atoms with Gasteiger partial charge in [-0.1, -0.05) is 13.8 Å². The van der Waals surface area contributed by atoms with Gasteiger partial charge in [-0.05, 0) is 26.2 Å². The Labute approximate surface area is 122 Å². The van der Waals surface area contributed by atoms with Crippen LogP contribution in [0.15, 0.2) is 0 Å². The highest BCUT2D eigenvalue weighted by Gasteiger charge is 2.39. The van der Waals surface area contributed by atoms with E-state index in [0.717, 1.165) is 0 Å². The molecule has 7 heteroatoms. The van der Waals surface area contributed by atoms with E-state index in [4.69, 9.17) is 5.73 Å². The molecular weight excluding hydrogens is 288 g/mol. The maximum atomic E-state index is 12.2. The lowest BCUT2D eigenvalue weighted by Gasteiger charge is -2.38. The second kappa shape index (κ2) is 6.90. The van der Waals surface area contributed by atoms with E-state index in [1.165, 1.54) is 0 Å². The fourth-order valence-corrected chi connectivity index (χ4v) is 3.87. The molecule has 2 N–H and O–H groups in total. The van der Waals surface area contributed by atoms with Gasteiger partial charge in [0.05, 0.1) is 17.0 Å². The van der Waals surface area contributed by atoms with Crippen LogP contribution >= 0.6 is 12.4 Å². The van der Waals surface area contributed by atoms with Gasteiger partial charge in [0, 0.05) is 12.6 Å². The third kappa shape index (κ3) is 4.33. The average Bonchev–Trinajstić information content (AvgIpc) is 2.24. The van der Waals surface area contributed by atoms with Crippen molar-refractivity contribution in [2.24, 2.45) is 11.7 Å². The maximum absolute atomic E-state index is 12.2. The third-order valence-electron chi connectivity index (χ3n) is 3.68. The minimum Gasteiger partial charge on any atom is -0.336 e. The topological polar surface area (TPSA) is 80.5 Å². The summed E-state index contributed by atoms with van der Waals surface area (Å²) in [6, 6.07) is -0.824.